The second-order valence-electron chi connectivity index (χ2n) is 1.31. The van der Waals surface area contributed by atoms with E-state index in [0.717, 1.165) is 12.0 Å². The van der Waals surface area contributed by atoms with Gasteiger partial charge >= 0.3 is 0 Å². The largest absolute Gasteiger partial charge is 0.115 e. The first-order chi connectivity index (χ1) is 3.35. The number of rotatable bonds is 1. The average Bonchev–Trinajstić information content (AvgIpc) is 1.72. The van der Waals surface area contributed by atoms with Crippen LogP contribution in [-0.2, 0) is 0 Å². The molecule has 0 saturated carbocycles. The Hall–Kier alpha value is -0.700. The fraction of sp³-hybridized carbons (Fsp3) is 0.429. The lowest BCUT2D eigenvalue weighted by Gasteiger charge is -1.84. The summed E-state index contributed by atoms with van der Waals surface area (Å²) < 4.78 is 0. The molecule has 38 valence electrons. The summed E-state index contributed by atoms with van der Waals surface area (Å²) in [4.78, 5) is 0. The van der Waals surface area contributed by atoms with Crippen LogP contribution in [0.4, 0.5) is 0 Å². The fourth-order valence-electron chi connectivity index (χ4n) is 0.390. The third-order valence-corrected chi connectivity index (χ3v) is 0.915. The van der Waals surface area contributed by atoms with Crippen LogP contribution in [0.2, 0.25) is 0 Å². The van der Waals surface area contributed by atoms with Gasteiger partial charge in [0.1, 0.15) is 0 Å². The SMILES string of the molecule is C#C/C(=C\C)CC. The normalized spacial score (nSPS) is 10.7. The summed E-state index contributed by atoms with van der Waals surface area (Å²) in [6.07, 6.45) is 8.01. The molecule has 0 aliphatic rings. The van der Waals surface area contributed by atoms with Crippen molar-refractivity contribution >= 4 is 0 Å². The fourth-order valence-corrected chi connectivity index (χ4v) is 0.390. The molecule has 0 radical (unpaired) electrons. The Morgan fingerprint density at radius 3 is 2.43 bits per heavy atom. The molecule has 7 heavy (non-hydrogen) atoms. The summed E-state index contributed by atoms with van der Waals surface area (Å²) in [5.41, 5.74) is 1.08. The van der Waals surface area contributed by atoms with E-state index in [0.29, 0.717) is 0 Å². The zero-order chi connectivity index (χ0) is 5.70. The van der Waals surface area contributed by atoms with Crippen molar-refractivity contribution in [2.24, 2.45) is 0 Å². The summed E-state index contributed by atoms with van der Waals surface area (Å²) in [7, 11) is 0. The van der Waals surface area contributed by atoms with E-state index >= 15 is 0 Å². The molecule has 0 heterocycles. The van der Waals surface area contributed by atoms with Gasteiger partial charge in [-0.2, -0.15) is 0 Å². The van der Waals surface area contributed by atoms with Gasteiger partial charge < -0.3 is 0 Å². The molecular weight excluding hydrogens is 84.1 g/mol. The van der Waals surface area contributed by atoms with Gasteiger partial charge in [-0.1, -0.05) is 18.9 Å². The van der Waals surface area contributed by atoms with E-state index in [1.807, 2.05) is 13.0 Å². The molecule has 0 aromatic carbocycles. The number of terminal acetylenes is 1. The minimum Gasteiger partial charge on any atom is -0.115 e. The summed E-state index contributed by atoms with van der Waals surface area (Å²) in [6, 6.07) is 0. The van der Waals surface area contributed by atoms with Crippen LogP contribution in [0.5, 0.6) is 0 Å². The van der Waals surface area contributed by atoms with E-state index in [2.05, 4.69) is 12.8 Å². The Labute approximate surface area is 45.2 Å². The van der Waals surface area contributed by atoms with Crippen molar-refractivity contribution in [2.75, 3.05) is 0 Å². The van der Waals surface area contributed by atoms with Crippen molar-refractivity contribution in [1.82, 2.24) is 0 Å². The molecule has 0 amide bonds. The summed E-state index contributed by atoms with van der Waals surface area (Å²) in [5, 5.41) is 0. The second kappa shape index (κ2) is 3.49. The van der Waals surface area contributed by atoms with Gasteiger partial charge in [-0.05, 0) is 18.9 Å². The molecule has 0 aromatic heterocycles. The van der Waals surface area contributed by atoms with Crippen molar-refractivity contribution < 1.29 is 0 Å². The lowest BCUT2D eigenvalue weighted by Crippen LogP contribution is -1.68. The zero-order valence-electron chi connectivity index (χ0n) is 4.86. The molecule has 0 unspecified atom stereocenters. The van der Waals surface area contributed by atoms with Crippen LogP contribution < -0.4 is 0 Å². The van der Waals surface area contributed by atoms with Crippen LogP contribution >= 0.6 is 0 Å². The average molecular weight is 94.2 g/mol. The lowest BCUT2D eigenvalue weighted by molar-refractivity contribution is 1.16. The highest BCUT2D eigenvalue weighted by molar-refractivity contribution is 5.23. The Morgan fingerprint density at radius 1 is 1.86 bits per heavy atom. The Balaban J connectivity index is 3.68. The monoisotopic (exact) mass is 94.1 g/mol. The molecule has 0 bridgehead atoms. The summed E-state index contributed by atoms with van der Waals surface area (Å²) >= 11 is 0. The van der Waals surface area contributed by atoms with Crippen molar-refractivity contribution in [1.29, 1.82) is 0 Å². The molecular formula is C7H10. The molecule has 0 fully saturated rings. The Bertz CT molecular complexity index is 102. The summed E-state index contributed by atoms with van der Waals surface area (Å²) in [6.45, 7) is 4.01. The van der Waals surface area contributed by atoms with E-state index in [4.69, 9.17) is 6.42 Å². The molecule has 0 aromatic rings. The van der Waals surface area contributed by atoms with Crippen molar-refractivity contribution in [2.45, 2.75) is 20.3 Å². The van der Waals surface area contributed by atoms with E-state index in [9.17, 15) is 0 Å². The first-order valence-electron chi connectivity index (χ1n) is 2.47. The third-order valence-electron chi connectivity index (χ3n) is 0.915. The van der Waals surface area contributed by atoms with Gasteiger partial charge in [-0.3, -0.25) is 0 Å². The van der Waals surface area contributed by atoms with Crippen LogP contribution in [0.1, 0.15) is 20.3 Å². The van der Waals surface area contributed by atoms with Gasteiger partial charge in [0.15, 0.2) is 0 Å². The van der Waals surface area contributed by atoms with Gasteiger partial charge in [0.25, 0.3) is 0 Å². The van der Waals surface area contributed by atoms with Gasteiger partial charge in [-0.25, -0.2) is 0 Å². The molecule has 0 aliphatic heterocycles. The van der Waals surface area contributed by atoms with E-state index in [1.54, 1.807) is 0 Å². The molecule has 0 spiro atoms. The van der Waals surface area contributed by atoms with E-state index < -0.39 is 0 Å². The standard InChI is InChI=1S/C7H10/c1-4-7(5-2)6-3/h1,5H,6H2,2-3H3/b7-5+. The summed E-state index contributed by atoms with van der Waals surface area (Å²) in [5.74, 6) is 2.56. The number of hydrogen-bond acceptors (Lipinski definition) is 0. The highest BCUT2D eigenvalue weighted by atomic mass is 13.8. The number of allylic oxidation sites excluding steroid dienone is 2. The predicted octanol–water partition coefficient (Wildman–Crippen LogP) is 1.98. The topological polar surface area (TPSA) is 0 Å². The first kappa shape index (κ1) is 6.30. The van der Waals surface area contributed by atoms with Crippen molar-refractivity contribution in [3.05, 3.63) is 11.6 Å². The van der Waals surface area contributed by atoms with Crippen LogP contribution in [0, 0.1) is 12.3 Å². The smallest absolute Gasteiger partial charge is 0.00278 e. The molecule has 0 saturated heterocycles. The molecule has 0 N–H and O–H groups in total. The van der Waals surface area contributed by atoms with E-state index in [-0.39, 0.29) is 0 Å². The molecule has 0 aliphatic carbocycles. The van der Waals surface area contributed by atoms with Crippen molar-refractivity contribution in [3.63, 3.8) is 0 Å². The third kappa shape index (κ3) is 2.05. The minimum atomic E-state index is 0.979. The van der Waals surface area contributed by atoms with Crippen LogP contribution in [0.25, 0.3) is 0 Å². The van der Waals surface area contributed by atoms with Crippen LogP contribution in [0.15, 0.2) is 11.6 Å². The zero-order valence-corrected chi connectivity index (χ0v) is 4.86. The van der Waals surface area contributed by atoms with E-state index in [1.165, 1.54) is 0 Å². The molecule has 0 atom stereocenters. The van der Waals surface area contributed by atoms with Crippen molar-refractivity contribution in [3.8, 4) is 12.3 Å². The molecule has 0 heteroatoms. The lowest BCUT2D eigenvalue weighted by atomic mass is 10.2. The molecule has 0 rings (SSSR count). The van der Waals surface area contributed by atoms with Gasteiger partial charge in [0, 0.05) is 0 Å². The second-order valence-corrected chi connectivity index (χ2v) is 1.31. The van der Waals surface area contributed by atoms with Gasteiger partial charge in [0.05, 0.1) is 0 Å². The first-order valence-corrected chi connectivity index (χ1v) is 2.47. The van der Waals surface area contributed by atoms with Gasteiger partial charge in [-0.15, -0.1) is 6.42 Å². The van der Waals surface area contributed by atoms with Crippen LogP contribution in [0.3, 0.4) is 0 Å². The maximum Gasteiger partial charge on any atom is -0.00278 e. The maximum atomic E-state index is 5.08. The minimum absolute atomic E-state index is 0.979. The highest BCUT2D eigenvalue weighted by Crippen LogP contribution is 1.94. The Morgan fingerprint density at radius 2 is 2.43 bits per heavy atom. The maximum absolute atomic E-state index is 5.08. The Kier molecular flexibility index (Phi) is 3.14. The van der Waals surface area contributed by atoms with Crippen LogP contribution in [-0.4, -0.2) is 0 Å². The molecule has 0 nitrogen and oxygen atoms in total. The number of hydrogen-bond donors (Lipinski definition) is 0. The predicted molar refractivity (Wildman–Crippen MR) is 32.9 cm³/mol. The quantitative estimate of drug-likeness (QED) is 0.436. The highest BCUT2D eigenvalue weighted by Gasteiger charge is 1.78. The van der Waals surface area contributed by atoms with Gasteiger partial charge in [0.2, 0.25) is 0 Å².